The molecule has 2 atom stereocenters. The fraction of sp³-hybridized carbons (Fsp3) is 0.148. The summed E-state index contributed by atoms with van der Waals surface area (Å²) in [6.07, 6.45) is 0. The summed E-state index contributed by atoms with van der Waals surface area (Å²) in [4.78, 5) is 27.7. The first-order chi connectivity index (χ1) is 17.3. The second kappa shape index (κ2) is 9.62. The molecule has 0 spiro atoms. The molecule has 9 heteroatoms. The van der Waals surface area contributed by atoms with Crippen LogP contribution in [0.5, 0.6) is 0 Å². The molecule has 3 aromatic carbocycles. The molecule has 36 heavy (non-hydrogen) atoms. The van der Waals surface area contributed by atoms with Crippen molar-refractivity contribution >= 4 is 52.1 Å². The number of anilines is 1. The number of H-pyrrole nitrogens is 1. The lowest BCUT2D eigenvalue weighted by Crippen LogP contribution is -2.34. The third kappa shape index (κ3) is 4.26. The van der Waals surface area contributed by atoms with Crippen molar-refractivity contribution in [2.24, 2.45) is 11.0 Å². The number of nitrogens with zero attached hydrogens (tertiary/aromatic N) is 3. The van der Waals surface area contributed by atoms with Crippen molar-refractivity contribution in [2.75, 3.05) is 5.01 Å². The van der Waals surface area contributed by atoms with Gasteiger partial charge in [0.15, 0.2) is 0 Å². The predicted molar refractivity (Wildman–Crippen MR) is 145 cm³/mol. The molecule has 1 amide bonds. The van der Waals surface area contributed by atoms with Gasteiger partial charge in [0.25, 0.3) is 11.5 Å². The molecule has 1 N–H and O–H groups in total. The summed E-state index contributed by atoms with van der Waals surface area (Å²) >= 11 is 18.7. The van der Waals surface area contributed by atoms with Crippen LogP contribution in [0.15, 0.2) is 82.7 Å². The van der Waals surface area contributed by atoms with E-state index in [1.807, 2.05) is 25.1 Å². The van der Waals surface area contributed by atoms with E-state index in [2.05, 4.69) is 10.2 Å². The highest BCUT2D eigenvalue weighted by molar-refractivity contribution is 6.32. The summed E-state index contributed by atoms with van der Waals surface area (Å²) in [6, 6.07) is 21.1. The smallest absolute Gasteiger partial charge is 0.275 e. The maximum absolute atomic E-state index is 13.8. The molecule has 0 fully saturated rings. The van der Waals surface area contributed by atoms with Gasteiger partial charge in [-0.05, 0) is 74.0 Å². The molecule has 1 aliphatic rings. The minimum atomic E-state index is -0.735. The van der Waals surface area contributed by atoms with Gasteiger partial charge in [0.05, 0.1) is 17.3 Å². The Kier molecular flexibility index (Phi) is 6.51. The Labute approximate surface area is 222 Å². The molecule has 0 saturated carbocycles. The Balaban J connectivity index is 1.66. The number of benzene rings is 3. The summed E-state index contributed by atoms with van der Waals surface area (Å²) < 4.78 is 1.45. The third-order valence-electron chi connectivity index (χ3n) is 6.34. The van der Waals surface area contributed by atoms with Gasteiger partial charge in [0.2, 0.25) is 0 Å². The summed E-state index contributed by atoms with van der Waals surface area (Å²) in [5.41, 5.74) is 3.28. The van der Waals surface area contributed by atoms with Gasteiger partial charge in [-0.15, -0.1) is 0 Å². The van der Waals surface area contributed by atoms with E-state index >= 15 is 0 Å². The summed E-state index contributed by atoms with van der Waals surface area (Å²) in [7, 11) is 0. The molecule has 0 aliphatic carbocycles. The van der Waals surface area contributed by atoms with Crippen molar-refractivity contribution in [1.29, 1.82) is 0 Å². The van der Waals surface area contributed by atoms with Crippen LogP contribution in [0.1, 0.15) is 29.7 Å². The van der Waals surface area contributed by atoms with E-state index in [0.717, 1.165) is 0 Å². The van der Waals surface area contributed by atoms with Gasteiger partial charge in [-0.1, -0.05) is 53.0 Å². The van der Waals surface area contributed by atoms with E-state index in [4.69, 9.17) is 34.8 Å². The topological polar surface area (TPSA) is 70.5 Å². The number of hydrogen-bond acceptors (Lipinski definition) is 3. The maximum Gasteiger partial charge on any atom is 0.275 e. The number of rotatable bonds is 5. The molecule has 0 radical (unpaired) electrons. The van der Waals surface area contributed by atoms with E-state index in [1.54, 1.807) is 61.5 Å². The van der Waals surface area contributed by atoms with Crippen molar-refractivity contribution in [1.82, 2.24) is 9.78 Å². The van der Waals surface area contributed by atoms with Crippen LogP contribution in [-0.2, 0) is 4.79 Å². The van der Waals surface area contributed by atoms with Crippen LogP contribution in [0.2, 0.25) is 15.1 Å². The minimum absolute atomic E-state index is 0.252. The zero-order valence-corrected chi connectivity index (χ0v) is 21.6. The molecule has 182 valence electrons. The Hall–Kier alpha value is -3.32. The zero-order valence-electron chi connectivity index (χ0n) is 19.4. The summed E-state index contributed by atoms with van der Waals surface area (Å²) in [5, 5.41) is 10.7. The van der Waals surface area contributed by atoms with Gasteiger partial charge >= 0.3 is 0 Å². The first-order valence-corrected chi connectivity index (χ1v) is 12.4. The number of halogens is 3. The highest BCUT2D eigenvalue weighted by Gasteiger charge is 2.44. The normalized spacial score (nSPS) is 16.4. The number of aromatic nitrogens is 2. The van der Waals surface area contributed by atoms with Crippen LogP contribution in [0.25, 0.3) is 5.69 Å². The average Bonchev–Trinajstić information content (AvgIpc) is 3.32. The Morgan fingerprint density at radius 1 is 0.833 bits per heavy atom. The molecular weight excluding hydrogens is 519 g/mol. The number of aryl methyl sites for hydroxylation is 1. The van der Waals surface area contributed by atoms with Gasteiger partial charge in [-0.3, -0.25) is 14.7 Å². The molecule has 6 nitrogen and oxygen atoms in total. The lowest BCUT2D eigenvalue weighted by molar-refractivity contribution is -0.120. The monoisotopic (exact) mass is 538 g/mol. The molecule has 4 aromatic rings. The Morgan fingerprint density at radius 3 is 2.03 bits per heavy atom. The number of amides is 1. The fourth-order valence-corrected chi connectivity index (χ4v) is 5.16. The highest BCUT2D eigenvalue weighted by atomic mass is 35.5. The minimum Gasteiger partial charge on any atom is -0.295 e. The van der Waals surface area contributed by atoms with Crippen LogP contribution in [0, 0.1) is 12.8 Å². The van der Waals surface area contributed by atoms with E-state index < -0.39 is 11.8 Å². The lowest BCUT2D eigenvalue weighted by atomic mass is 9.78. The van der Waals surface area contributed by atoms with E-state index in [1.165, 1.54) is 9.69 Å². The quantitative estimate of drug-likeness (QED) is 0.310. The summed E-state index contributed by atoms with van der Waals surface area (Å²) in [5.74, 6) is -1.65. The first kappa shape index (κ1) is 24.4. The lowest BCUT2D eigenvalue weighted by Gasteiger charge is -2.24. The van der Waals surface area contributed by atoms with E-state index in [9.17, 15) is 9.59 Å². The van der Waals surface area contributed by atoms with E-state index in [0.29, 0.717) is 49.0 Å². The number of nitrogens with one attached hydrogen (secondary N) is 1. The van der Waals surface area contributed by atoms with E-state index in [-0.39, 0.29) is 11.5 Å². The standard InChI is InChI=1S/C27H21Cl3N4O2/c1-15-23(26(35)33(31-15)19-11-7-17(28)8-12-19)25(21-5-3-4-6-22(21)30)24-16(2)32-34(27(24)36)20-13-9-18(29)10-14-20/h3-14,23,25,32H,1-2H3/t23-,25-/m0/s1. The highest BCUT2D eigenvalue weighted by Crippen LogP contribution is 2.41. The predicted octanol–water partition coefficient (Wildman–Crippen LogP) is 6.61. The van der Waals surface area contributed by atoms with Gasteiger partial charge in [-0.25, -0.2) is 9.69 Å². The molecular formula is C27H21Cl3N4O2. The maximum atomic E-state index is 13.8. The molecule has 5 rings (SSSR count). The van der Waals surface area contributed by atoms with Crippen LogP contribution >= 0.6 is 34.8 Å². The molecule has 1 aliphatic heterocycles. The average molecular weight is 540 g/mol. The molecule has 0 unspecified atom stereocenters. The van der Waals surface area contributed by atoms with Gasteiger partial charge in [0, 0.05) is 38.0 Å². The van der Waals surface area contributed by atoms with Crippen molar-refractivity contribution < 1.29 is 4.79 Å². The molecule has 2 heterocycles. The van der Waals surface area contributed by atoms with Crippen LogP contribution < -0.4 is 10.6 Å². The van der Waals surface area contributed by atoms with Crippen LogP contribution in [-0.4, -0.2) is 21.4 Å². The number of carbonyl (C=O) groups is 1. The van der Waals surface area contributed by atoms with Gasteiger partial charge in [0.1, 0.15) is 0 Å². The number of hydrazone groups is 1. The number of carbonyl (C=O) groups excluding carboxylic acids is 1. The largest absolute Gasteiger partial charge is 0.295 e. The van der Waals surface area contributed by atoms with Crippen molar-refractivity contribution in [3.8, 4) is 5.69 Å². The van der Waals surface area contributed by atoms with Crippen molar-refractivity contribution in [2.45, 2.75) is 19.8 Å². The zero-order chi connectivity index (χ0) is 25.6. The summed E-state index contributed by atoms with van der Waals surface area (Å²) in [6.45, 7) is 3.61. The second-order valence-corrected chi connectivity index (χ2v) is 9.89. The van der Waals surface area contributed by atoms with Crippen LogP contribution in [0.3, 0.4) is 0 Å². The van der Waals surface area contributed by atoms with Gasteiger partial charge < -0.3 is 0 Å². The first-order valence-electron chi connectivity index (χ1n) is 11.2. The van der Waals surface area contributed by atoms with Crippen LogP contribution in [0.4, 0.5) is 5.69 Å². The van der Waals surface area contributed by atoms with Crippen molar-refractivity contribution in [3.63, 3.8) is 0 Å². The number of hydrogen-bond donors (Lipinski definition) is 1. The van der Waals surface area contributed by atoms with Gasteiger partial charge in [-0.2, -0.15) is 5.10 Å². The third-order valence-corrected chi connectivity index (χ3v) is 7.19. The molecule has 0 bridgehead atoms. The fourth-order valence-electron chi connectivity index (χ4n) is 4.66. The Morgan fingerprint density at radius 2 is 1.42 bits per heavy atom. The second-order valence-electron chi connectivity index (χ2n) is 8.61. The SMILES string of the molecule is CC1=NN(c2ccc(Cl)cc2)C(=O)[C@@H]1[C@H](c1ccccc1Cl)c1c(C)[nH]n(-c2ccc(Cl)cc2)c1=O. The molecule has 0 saturated heterocycles. The van der Waals surface area contributed by atoms with Crippen molar-refractivity contribution in [3.05, 3.63) is 115 Å². The molecule has 1 aromatic heterocycles. The Bertz CT molecular complexity index is 1540. The number of aromatic amines is 1.